The third kappa shape index (κ3) is 5.06. The molecule has 1 heterocycles. The van der Waals surface area contributed by atoms with E-state index in [1.54, 1.807) is 0 Å². The minimum atomic E-state index is -0.987. The van der Waals surface area contributed by atoms with Crippen LogP contribution >= 0.6 is 0 Å². The molecule has 1 rings (SSSR count). The number of urea groups is 1. The van der Waals surface area contributed by atoms with Crippen molar-refractivity contribution in [2.24, 2.45) is 5.92 Å². The minimum absolute atomic E-state index is 0.208. The van der Waals surface area contributed by atoms with Crippen molar-refractivity contribution in [2.75, 3.05) is 26.2 Å². The van der Waals surface area contributed by atoms with Gasteiger partial charge in [-0.05, 0) is 19.3 Å². The number of hydrogen-bond donors (Lipinski definition) is 2. The molecule has 1 fully saturated rings. The zero-order chi connectivity index (χ0) is 14.3. The van der Waals surface area contributed by atoms with Gasteiger partial charge in [0.2, 0.25) is 0 Å². The summed E-state index contributed by atoms with van der Waals surface area (Å²) in [5, 5.41) is 11.6. The van der Waals surface area contributed by atoms with E-state index < -0.39 is 5.97 Å². The van der Waals surface area contributed by atoms with Gasteiger partial charge in [0.1, 0.15) is 6.54 Å². The Kier molecular flexibility index (Phi) is 6.62. The first-order valence-electron chi connectivity index (χ1n) is 6.94. The lowest BCUT2D eigenvalue weighted by Gasteiger charge is -2.23. The molecular formula is C13H24N2O4. The maximum Gasteiger partial charge on any atom is 0.323 e. The fraction of sp³-hybridized carbons (Fsp3) is 0.846. The third-order valence-corrected chi connectivity index (χ3v) is 3.37. The predicted molar refractivity (Wildman–Crippen MR) is 71.0 cm³/mol. The monoisotopic (exact) mass is 272 g/mol. The summed E-state index contributed by atoms with van der Waals surface area (Å²) in [6, 6.07) is -0.300. The van der Waals surface area contributed by atoms with Crippen LogP contribution in [-0.2, 0) is 9.53 Å². The molecule has 2 atom stereocenters. The van der Waals surface area contributed by atoms with Gasteiger partial charge < -0.3 is 20.1 Å². The molecule has 0 radical (unpaired) electrons. The van der Waals surface area contributed by atoms with Crippen molar-refractivity contribution in [3.8, 4) is 0 Å². The lowest BCUT2D eigenvalue weighted by molar-refractivity contribution is -0.137. The minimum Gasteiger partial charge on any atom is -0.480 e. The Balaban J connectivity index is 2.40. The molecule has 2 N–H and O–H groups in total. The normalized spacial score (nSPS) is 22.2. The summed E-state index contributed by atoms with van der Waals surface area (Å²) in [4.78, 5) is 24.0. The van der Waals surface area contributed by atoms with Crippen LogP contribution in [0, 0.1) is 5.92 Å². The quantitative estimate of drug-likeness (QED) is 0.732. The van der Waals surface area contributed by atoms with E-state index in [-0.39, 0.29) is 18.7 Å². The van der Waals surface area contributed by atoms with Crippen LogP contribution < -0.4 is 5.32 Å². The Bertz CT molecular complexity index is 309. The highest BCUT2D eigenvalue weighted by Gasteiger charge is 2.27. The number of aliphatic carboxylic acids is 1. The second-order valence-corrected chi connectivity index (χ2v) is 4.87. The molecule has 19 heavy (non-hydrogen) atoms. The van der Waals surface area contributed by atoms with Gasteiger partial charge in [-0.15, -0.1) is 0 Å². The Hall–Kier alpha value is -1.30. The molecule has 0 aromatic heterocycles. The molecule has 6 heteroatoms. The maximum absolute atomic E-state index is 11.9. The topological polar surface area (TPSA) is 78.9 Å². The molecule has 0 spiro atoms. The fourth-order valence-corrected chi connectivity index (χ4v) is 2.39. The molecular weight excluding hydrogens is 248 g/mol. The van der Waals surface area contributed by atoms with Gasteiger partial charge in [0.05, 0.1) is 6.10 Å². The highest BCUT2D eigenvalue weighted by molar-refractivity contribution is 5.80. The number of carbonyl (C=O) groups is 2. The molecule has 0 aliphatic carbocycles. The zero-order valence-corrected chi connectivity index (χ0v) is 11.7. The molecule has 2 unspecified atom stereocenters. The van der Waals surface area contributed by atoms with Gasteiger partial charge in [-0.3, -0.25) is 4.79 Å². The van der Waals surface area contributed by atoms with Crippen LogP contribution in [0.15, 0.2) is 0 Å². The van der Waals surface area contributed by atoms with Crippen molar-refractivity contribution < 1.29 is 19.4 Å². The average Bonchev–Trinajstić information content (AvgIpc) is 2.82. The zero-order valence-electron chi connectivity index (χ0n) is 11.7. The van der Waals surface area contributed by atoms with E-state index in [9.17, 15) is 9.59 Å². The number of carboxylic acid groups (broad SMARTS) is 1. The van der Waals surface area contributed by atoms with Crippen molar-refractivity contribution in [3.05, 3.63) is 0 Å². The largest absolute Gasteiger partial charge is 0.480 e. The summed E-state index contributed by atoms with van der Waals surface area (Å²) in [6.07, 6.45) is 2.84. The fourth-order valence-electron chi connectivity index (χ4n) is 2.39. The number of nitrogens with one attached hydrogen (secondary N) is 1. The maximum atomic E-state index is 11.9. The number of hydrogen-bond acceptors (Lipinski definition) is 3. The molecule has 110 valence electrons. The summed E-state index contributed by atoms with van der Waals surface area (Å²) in [5.74, 6) is -0.651. The summed E-state index contributed by atoms with van der Waals surface area (Å²) >= 11 is 0. The smallest absolute Gasteiger partial charge is 0.323 e. The van der Waals surface area contributed by atoms with Crippen LogP contribution in [0.5, 0.6) is 0 Å². The SMILES string of the molecule is CCCN(CC(=O)O)C(=O)NCC1CCOC1CC. The van der Waals surface area contributed by atoms with Gasteiger partial charge >= 0.3 is 12.0 Å². The summed E-state index contributed by atoms with van der Waals surface area (Å²) in [5.41, 5.74) is 0. The van der Waals surface area contributed by atoms with Crippen molar-refractivity contribution in [3.63, 3.8) is 0 Å². The van der Waals surface area contributed by atoms with Crippen molar-refractivity contribution in [2.45, 2.75) is 39.2 Å². The molecule has 6 nitrogen and oxygen atoms in total. The second-order valence-electron chi connectivity index (χ2n) is 4.87. The first-order chi connectivity index (χ1) is 9.08. The standard InChI is InChI=1S/C13H24N2O4/c1-3-6-15(9-12(16)17)13(18)14-8-10-5-7-19-11(10)4-2/h10-11H,3-9H2,1-2H3,(H,14,18)(H,16,17). The molecule has 0 saturated carbocycles. The van der Waals surface area contributed by atoms with E-state index in [1.807, 2.05) is 6.92 Å². The molecule has 1 aliphatic heterocycles. The first kappa shape index (κ1) is 15.8. The van der Waals surface area contributed by atoms with Crippen LogP contribution in [0.3, 0.4) is 0 Å². The van der Waals surface area contributed by atoms with E-state index in [2.05, 4.69) is 12.2 Å². The van der Waals surface area contributed by atoms with Crippen LogP contribution in [-0.4, -0.2) is 54.4 Å². The third-order valence-electron chi connectivity index (χ3n) is 3.37. The number of nitrogens with zero attached hydrogens (tertiary/aromatic N) is 1. The Morgan fingerprint density at radius 2 is 2.16 bits per heavy atom. The summed E-state index contributed by atoms with van der Waals surface area (Å²) in [6.45, 7) is 5.48. The van der Waals surface area contributed by atoms with Gasteiger partial charge in [-0.1, -0.05) is 13.8 Å². The number of carboxylic acids is 1. The lowest BCUT2D eigenvalue weighted by atomic mass is 10.00. The molecule has 0 bridgehead atoms. The molecule has 0 aromatic carbocycles. The lowest BCUT2D eigenvalue weighted by Crippen LogP contribution is -2.45. The van der Waals surface area contributed by atoms with E-state index >= 15 is 0 Å². The second kappa shape index (κ2) is 7.99. The van der Waals surface area contributed by atoms with Crippen LogP contribution in [0.25, 0.3) is 0 Å². The van der Waals surface area contributed by atoms with Gasteiger partial charge in [-0.2, -0.15) is 0 Å². The average molecular weight is 272 g/mol. The van der Waals surface area contributed by atoms with Gasteiger partial charge in [0, 0.05) is 25.6 Å². The van der Waals surface area contributed by atoms with Crippen LogP contribution in [0.4, 0.5) is 4.79 Å². The van der Waals surface area contributed by atoms with E-state index in [4.69, 9.17) is 9.84 Å². The number of rotatable bonds is 7. The highest BCUT2D eigenvalue weighted by atomic mass is 16.5. The van der Waals surface area contributed by atoms with E-state index in [0.29, 0.717) is 19.0 Å². The molecule has 1 aliphatic rings. The Morgan fingerprint density at radius 3 is 2.74 bits per heavy atom. The van der Waals surface area contributed by atoms with Crippen LogP contribution in [0.1, 0.15) is 33.1 Å². The number of carbonyl (C=O) groups excluding carboxylic acids is 1. The van der Waals surface area contributed by atoms with E-state index in [1.165, 1.54) is 4.90 Å². The van der Waals surface area contributed by atoms with Gasteiger partial charge in [0.25, 0.3) is 0 Å². The number of amides is 2. The molecule has 1 saturated heterocycles. The Labute approximate surface area is 114 Å². The number of ether oxygens (including phenoxy) is 1. The Morgan fingerprint density at radius 1 is 1.42 bits per heavy atom. The molecule has 0 aromatic rings. The van der Waals surface area contributed by atoms with Crippen molar-refractivity contribution in [1.29, 1.82) is 0 Å². The van der Waals surface area contributed by atoms with Crippen molar-refractivity contribution >= 4 is 12.0 Å². The predicted octanol–water partition coefficient (Wildman–Crippen LogP) is 1.31. The van der Waals surface area contributed by atoms with Crippen molar-refractivity contribution in [1.82, 2.24) is 10.2 Å². The summed E-state index contributed by atoms with van der Waals surface area (Å²) in [7, 11) is 0. The van der Waals surface area contributed by atoms with Gasteiger partial charge in [0.15, 0.2) is 0 Å². The summed E-state index contributed by atoms with van der Waals surface area (Å²) < 4.78 is 5.56. The van der Waals surface area contributed by atoms with E-state index in [0.717, 1.165) is 25.9 Å². The van der Waals surface area contributed by atoms with Crippen LogP contribution in [0.2, 0.25) is 0 Å². The first-order valence-corrected chi connectivity index (χ1v) is 6.94. The van der Waals surface area contributed by atoms with Gasteiger partial charge in [-0.25, -0.2) is 4.79 Å². The highest BCUT2D eigenvalue weighted by Crippen LogP contribution is 2.22. The molecule has 2 amide bonds.